The molecule has 0 aliphatic carbocycles. The third-order valence-electron chi connectivity index (χ3n) is 4.54. The van der Waals surface area contributed by atoms with Gasteiger partial charge in [0.05, 0.1) is 17.0 Å². The number of hydrogen-bond acceptors (Lipinski definition) is 3. The van der Waals surface area contributed by atoms with Gasteiger partial charge in [-0.15, -0.1) is 0 Å². The predicted octanol–water partition coefficient (Wildman–Crippen LogP) is 3.52. The second-order valence-corrected chi connectivity index (χ2v) is 9.11. The monoisotopic (exact) mass is 386 g/mol. The van der Waals surface area contributed by atoms with Crippen molar-refractivity contribution in [1.82, 2.24) is 4.90 Å². The predicted molar refractivity (Wildman–Crippen MR) is 103 cm³/mol. The number of nitrogens with zero attached hydrogens (tertiary/aromatic N) is 2. The lowest BCUT2D eigenvalue weighted by molar-refractivity contribution is -0.130. The Kier molecular flexibility index (Phi) is 6.74. The van der Waals surface area contributed by atoms with Gasteiger partial charge in [0.15, 0.2) is 0 Å². The van der Waals surface area contributed by atoms with Crippen molar-refractivity contribution >= 4 is 33.2 Å². The smallest absolute Gasteiger partial charge is 0.232 e. The summed E-state index contributed by atoms with van der Waals surface area (Å²) in [6, 6.07) is 3.65. The number of likely N-dealkylation sites (tertiary alicyclic amines) is 1. The summed E-state index contributed by atoms with van der Waals surface area (Å²) in [4.78, 5) is 14.4. The van der Waals surface area contributed by atoms with Crippen molar-refractivity contribution in [3.63, 3.8) is 0 Å². The van der Waals surface area contributed by atoms with E-state index in [1.54, 1.807) is 6.07 Å². The fourth-order valence-corrected chi connectivity index (χ4v) is 4.81. The molecule has 1 aliphatic rings. The second-order valence-electron chi connectivity index (χ2n) is 6.79. The minimum absolute atomic E-state index is 0.0106. The van der Waals surface area contributed by atoms with Crippen LogP contribution in [-0.4, -0.2) is 45.1 Å². The Morgan fingerprint density at radius 1 is 1.16 bits per heavy atom. The summed E-state index contributed by atoms with van der Waals surface area (Å²) < 4.78 is 25.9. The van der Waals surface area contributed by atoms with E-state index in [4.69, 9.17) is 11.6 Å². The molecule has 0 bridgehead atoms. The van der Waals surface area contributed by atoms with E-state index < -0.39 is 10.0 Å². The molecule has 0 aromatic heterocycles. The first-order valence-corrected chi connectivity index (χ1v) is 10.9. The zero-order valence-corrected chi connectivity index (χ0v) is 16.8. The van der Waals surface area contributed by atoms with E-state index in [-0.39, 0.29) is 18.9 Å². The molecule has 5 nitrogen and oxygen atoms in total. The number of aryl methyl sites for hydroxylation is 2. The van der Waals surface area contributed by atoms with Gasteiger partial charge in [0, 0.05) is 26.1 Å². The number of benzene rings is 1. The van der Waals surface area contributed by atoms with Gasteiger partial charge in [0.1, 0.15) is 0 Å². The van der Waals surface area contributed by atoms with Gasteiger partial charge in [-0.1, -0.05) is 30.5 Å². The van der Waals surface area contributed by atoms with Crippen LogP contribution in [0.1, 0.15) is 43.2 Å². The normalized spacial score (nSPS) is 15.8. The Hall–Kier alpha value is -1.27. The average molecular weight is 387 g/mol. The van der Waals surface area contributed by atoms with Crippen molar-refractivity contribution in [2.75, 3.05) is 30.2 Å². The van der Waals surface area contributed by atoms with Crippen molar-refractivity contribution in [3.8, 4) is 0 Å². The van der Waals surface area contributed by atoms with E-state index in [1.165, 1.54) is 4.31 Å². The van der Waals surface area contributed by atoms with Crippen LogP contribution >= 0.6 is 11.6 Å². The van der Waals surface area contributed by atoms with Gasteiger partial charge < -0.3 is 4.90 Å². The van der Waals surface area contributed by atoms with Crippen LogP contribution in [0, 0.1) is 13.8 Å². The lowest BCUT2D eigenvalue weighted by atomic mass is 10.1. The van der Waals surface area contributed by atoms with Crippen LogP contribution in [0.15, 0.2) is 12.1 Å². The molecule has 25 heavy (non-hydrogen) atoms. The van der Waals surface area contributed by atoms with Crippen LogP contribution in [0.4, 0.5) is 5.69 Å². The molecule has 0 N–H and O–H groups in total. The molecule has 0 saturated carbocycles. The van der Waals surface area contributed by atoms with Crippen molar-refractivity contribution in [2.24, 2.45) is 0 Å². The number of sulfonamides is 1. The number of rotatable bonds is 5. The summed E-state index contributed by atoms with van der Waals surface area (Å²) in [6.07, 6.45) is 5.65. The molecule has 1 fully saturated rings. The highest BCUT2D eigenvalue weighted by Crippen LogP contribution is 2.32. The molecule has 1 saturated heterocycles. The highest BCUT2D eigenvalue weighted by molar-refractivity contribution is 7.92. The number of hydrogen-bond donors (Lipinski definition) is 0. The summed E-state index contributed by atoms with van der Waals surface area (Å²) in [5, 5.41) is 0.394. The number of carbonyl (C=O) groups is 1. The molecular weight excluding hydrogens is 360 g/mol. The molecule has 1 aromatic carbocycles. The molecule has 7 heteroatoms. The maximum atomic E-state index is 12.5. The van der Waals surface area contributed by atoms with Gasteiger partial charge in [0.25, 0.3) is 0 Å². The Balaban J connectivity index is 2.18. The first kappa shape index (κ1) is 20.0. The van der Waals surface area contributed by atoms with Crippen LogP contribution < -0.4 is 4.31 Å². The van der Waals surface area contributed by atoms with Gasteiger partial charge in [0.2, 0.25) is 15.9 Å². The zero-order valence-electron chi connectivity index (χ0n) is 15.2. The van der Waals surface area contributed by atoms with Gasteiger partial charge in [-0.2, -0.15) is 0 Å². The van der Waals surface area contributed by atoms with Gasteiger partial charge >= 0.3 is 0 Å². The molecule has 1 amide bonds. The first-order chi connectivity index (χ1) is 11.7. The Labute approximate surface area is 156 Å². The van der Waals surface area contributed by atoms with Crippen molar-refractivity contribution in [1.29, 1.82) is 0 Å². The Bertz CT molecular complexity index is 703. The SMILES string of the molecule is Cc1cc(C)c(N(CCC(=O)N2CCCCCC2)S(C)(=O)=O)c(Cl)c1. The largest absolute Gasteiger partial charge is 0.343 e. The number of halogens is 1. The van der Waals surface area contributed by atoms with Crippen molar-refractivity contribution in [2.45, 2.75) is 46.0 Å². The fourth-order valence-electron chi connectivity index (χ4n) is 3.34. The van der Waals surface area contributed by atoms with Crippen molar-refractivity contribution < 1.29 is 13.2 Å². The molecular formula is C18H27ClN2O3S. The summed E-state index contributed by atoms with van der Waals surface area (Å²) in [5.41, 5.74) is 2.23. The highest BCUT2D eigenvalue weighted by atomic mass is 35.5. The van der Waals surface area contributed by atoms with Crippen LogP contribution in [0.25, 0.3) is 0 Å². The molecule has 1 aromatic rings. The van der Waals surface area contributed by atoms with Gasteiger partial charge in [-0.25, -0.2) is 8.42 Å². The standard InChI is InChI=1S/C18H27ClN2O3S/c1-14-12-15(2)18(16(19)13-14)21(25(3,23)24)11-8-17(22)20-9-6-4-5-7-10-20/h12-13H,4-11H2,1-3H3. The highest BCUT2D eigenvalue weighted by Gasteiger charge is 2.24. The van der Waals surface area contributed by atoms with E-state index in [0.717, 1.165) is 56.2 Å². The summed E-state index contributed by atoms with van der Waals surface area (Å²) in [7, 11) is -3.53. The molecule has 1 aliphatic heterocycles. The zero-order chi connectivity index (χ0) is 18.6. The van der Waals surface area contributed by atoms with E-state index in [1.807, 2.05) is 24.8 Å². The molecule has 1 heterocycles. The molecule has 2 rings (SSSR count). The molecule has 140 valence electrons. The molecule has 0 spiro atoms. The first-order valence-electron chi connectivity index (χ1n) is 8.72. The van der Waals surface area contributed by atoms with E-state index in [0.29, 0.717) is 10.7 Å². The fraction of sp³-hybridized carbons (Fsp3) is 0.611. The van der Waals surface area contributed by atoms with Crippen LogP contribution in [0.5, 0.6) is 0 Å². The maximum Gasteiger partial charge on any atom is 0.232 e. The van der Waals surface area contributed by atoms with E-state index in [9.17, 15) is 13.2 Å². The number of carbonyl (C=O) groups excluding carboxylic acids is 1. The van der Waals surface area contributed by atoms with Gasteiger partial charge in [-0.05, 0) is 43.9 Å². The maximum absolute atomic E-state index is 12.5. The third kappa shape index (κ3) is 5.35. The second kappa shape index (κ2) is 8.41. The molecule has 0 atom stereocenters. The minimum atomic E-state index is -3.53. The topological polar surface area (TPSA) is 57.7 Å². The van der Waals surface area contributed by atoms with Crippen molar-refractivity contribution in [3.05, 3.63) is 28.3 Å². The average Bonchev–Trinajstić information content (AvgIpc) is 2.77. The Morgan fingerprint density at radius 2 is 1.76 bits per heavy atom. The molecule has 0 unspecified atom stereocenters. The van der Waals surface area contributed by atoms with Crippen LogP contribution in [-0.2, 0) is 14.8 Å². The Morgan fingerprint density at radius 3 is 2.28 bits per heavy atom. The summed E-state index contributed by atoms with van der Waals surface area (Å²) >= 11 is 6.32. The lowest BCUT2D eigenvalue weighted by Crippen LogP contribution is -2.37. The quantitative estimate of drug-likeness (QED) is 0.777. The summed E-state index contributed by atoms with van der Waals surface area (Å²) in [5.74, 6) is 0.0106. The minimum Gasteiger partial charge on any atom is -0.343 e. The number of amides is 1. The summed E-state index contributed by atoms with van der Waals surface area (Å²) in [6.45, 7) is 5.39. The lowest BCUT2D eigenvalue weighted by Gasteiger charge is -2.27. The van der Waals surface area contributed by atoms with Crippen LogP contribution in [0.2, 0.25) is 5.02 Å². The third-order valence-corrected chi connectivity index (χ3v) is 5.99. The van der Waals surface area contributed by atoms with Crippen LogP contribution in [0.3, 0.4) is 0 Å². The van der Waals surface area contributed by atoms with E-state index in [2.05, 4.69) is 0 Å². The van der Waals surface area contributed by atoms with Gasteiger partial charge in [-0.3, -0.25) is 9.10 Å². The van der Waals surface area contributed by atoms with E-state index >= 15 is 0 Å². The molecule has 0 radical (unpaired) electrons. The number of anilines is 1.